The molecule has 1 aromatic rings. The summed E-state index contributed by atoms with van der Waals surface area (Å²) in [5.74, 6) is 0.679. The molecule has 0 aromatic heterocycles. The molecule has 0 unspecified atom stereocenters. The lowest BCUT2D eigenvalue weighted by atomic mass is 9.96. The molecule has 1 aliphatic rings. The van der Waals surface area contributed by atoms with Crippen molar-refractivity contribution in [2.24, 2.45) is 5.92 Å². The Hall–Kier alpha value is -0.450. The van der Waals surface area contributed by atoms with Crippen LogP contribution in [0.25, 0.3) is 0 Å². The van der Waals surface area contributed by atoms with E-state index in [4.69, 9.17) is 0 Å². The molecular formula is C16H24BrFN2. The third kappa shape index (κ3) is 4.83. The van der Waals surface area contributed by atoms with Crippen LogP contribution in [0.15, 0.2) is 22.7 Å². The Kier molecular flexibility index (Phi) is 6.46. The Morgan fingerprint density at radius 1 is 1.35 bits per heavy atom. The van der Waals surface area contributed by atoms with Crippen LogP contribution in [0.3, 0.4) is 0 Å². The van der Waals surface area contributed by atoms with E-state index in [9.17, 15) is 4.39 Å². The number of rotatable bonds is 6. The summed E-state index contributed by atoms with van der Waals surface area (Å²) in [4.78, 5) is 2.36. The maximum atomic E-state index is 13.8. The quantitative estimate of drug-likeness (QED) is 0.791. The standard InChI is InChI=1S/C16H24BrFN2/c1-2-7-19-11-13-5-8-20(9-6-13)12-14-3-4-15(17)10-16(14)18/h3-4,10,13,19H,2,5-9,11-12H2,1H3. The van der Waals surface area contributed by atoms with E-state index in [-0.39, 0.29) is 5.82 Å². The second-order valence-corrected chi connectivity index (χ2v) is 6.58. The fourth-order valence-corrected chi connectivity index (χ4v) is 3.06. The molecule has 0 atom stereocenters. The van der Waals surface area contributed by atoms with Crippen LogP contribution < -0.4 is 5.32 Å². The van der Waals surface area contributed by atoms with E-state index in [0.29, 0.717) is 0 Å². The highest BCUT2D eigenvalue weighted by Gasteiger charge is 2.19. The molecule has 0 aliphatic carbocycles. The first kappa shape index (κ1) is 15.9. The number of benzene rings is 1. The highest BCUT2D eigenvalue weighted by atomic mass is 79.9. The molecular weight excluding hydrogens is 319 g/mol. The monoisotopic (exact) mass is 342 g/mol. The summed E-state index contributed by atoms with van der Waals surface area (Å²) in [6.07, 6.45) is 3.63. The molecule has 1 N–H and O–H groups in total. The van der Waals surface area contributed by atoms with Crippen LogP contribution >= 0.6 is 15.9 Å². The van der Waals surface area contributed by atoms with E-state index in [1.807, 2.05) is 12.1 Å². The molecule has 0 spiro atoms. The summed E-state index contributed by atoms with van der Waals surface area (Å²) in [5.41, 5.74) is 0.802. The molecule has 1 aliphatic heterocycles. The molecule has 4 heteroatoms. The molecule has 1 saturated heterocycles. The zero-order valence-corrected chi connectivity index (χ0v) is 13.8. The maximum Gasteiger partial charge on any atom is 0.128 e. The van der Waals surface area contributed by atoms with Crippen molar-refractivity contribution in [1.82, 2.24) is 10.2 Å². The van der Waals surface area contributed by atoms with Gasteiger partial charge in [-0.3, -0.25) is 4.90 Å². The van der Waals surface area contributed by atoms with Crippen LogP contribution in [-0.2, 0) is 6.54 Å². The van der Waals surface area contributed by atoms with Gasteiger partial charge in [-0.2, -0.15) is 0 Å². The summed E-state index contributed by atoms with van der Waals surface area (Å²) in [6.45, 7) is 7.33. The van der Waals surface area contributed by atoms with Crippen molar-refractivity contribution in [3.63, 3.8) is 0 Å². The predicted molar refractivity (Wildman–Crippen MR) is 85.3 cm³/mol. The fraction of sp³-hybridized carbons (Fsp3) is 0.625. The maximum absolute atomic E-state index is 13.8. The van der Waals surface area contributed by atoms with Crippen molar-refractivity contribution >= 4 is 15.9 Å². The highest BCUT2D eigenvalue weighted by molar-refractivity contribution is 9.10. The average molecular weight is 343 g/mol. The molecule has 1 heterocycles. The van der Waals surface area contributed by atoms with Crippen molar-refractivity contribution in [2.75, 3.05) is 26.2 Å². The number of halogens is 2. The van der Waals surface area contributed by atoms with Crippen molar-refractivity contribution in [1.29, 1.82) is 0 Å². The van der Waals surface area contributed by atoms with E-state index in [1.165, 1.54) is 19.3 Å². The number of nitrogens with one attached hydrogen (secondary N) is 1. The van der Waals surface area contributed by atoms with Crippen molar-refractivity contribution in [2.45, 2.75) is 32.7 Å². The average Bonchev–Trinajstić information content (AvgIpc) is 2.44. The summed E-state index contributed by atoms with van der Waals surface area (Å²) in [7, 11) is 0. The second-order valence-electron chi connectivity index (χ2n) is 5.66. The second kappa shape index (κ2) is 8.11. The van der Waals surface area contributed by atoms with Crippen molar-refractivity contribution < 1.29 is 4.39 Å². The van der Waals surface area contributed by atoms with Crippen LogP contribution in [0.4, 0.5) is 4.39 Å². The first-order chi connectivity index (χ1) is 9.69. The molecule has 1 fully saturated rings. The van der Waals surface area contributed by atoms with Gasteiger partial charge in [-0.1, -0.05) is 28.9 Å². The molecule has 2 nitrogen and oxygen atoms in total. The smallest absolute Gasteiger partial charge is 0.128 e. The molecule has 20 heavy (non-hydrogen) atoms. The van der Waals surface area contributed by atoms with Gasteiger partial charge in [0.2, 0.25) is 0 Å². The number of nitrogens with zero attached hydrogens (tertiary/aromatic N) is 1. The van der Waals surface area contributed by atoms with Gasteiger partial charge in [-0.25, -0.2) is 4.39 Å². The molecule has 112 valence electrons. The summed E-state index contributed by atoms with van der Waals surface area (Å²) in [6, 6.07) is 5.35. The Balaban J connectivity index is 1.76. The lowest BCUT2D eigenvalue weighted by Crippen LogP contribution is -2.37. The highest BCUT2D eigenvalue weighted by Crippen LogP contribution is 2.21. The minimum Gasteiger partial charge on any atom is -0.316 e. The number of likely N-dealkylation sites (tertiary alicyclic amines) is 1. The largest absolute Gasteiger partial charge is 0.316 e. The van der Waals surface area contributed by atoms with Crippen LogP contribution in [-0.4, -0.2) is 31.1 Å². The van der Waals surface area contributed by atoms with Crippen molar-refractivity contribution in [3.05, 3.63) is 34.1 Å². The topological polar surface area (TPSA) is 15.3 Å². The first-order valence-electron chi connectivity index (χ1n) is 7.56. The molecule has 0 radical (unpaired) electrons. The van der Waals surface area contributed by atoms with E-state index in [0.717, 1.165) is 48.7 Å². The van der Waals surface area contributed by atoms with E-state index >= 15 is 0 Å². The molecule has 2 rings (SSSR count). The van der Waals surface area contributed by atoms with E-state index in [1.54, 1.807) is 6.07 Å². The van der Waals surface area contributed by atoms with Gasteiger partial charge in [0.15, 0.2) is 0 Å². The minimum absolute atomic E-state index is 0.105. The van der Waals surface area contributed by atoms with Gasteiger partial charge < -0.3 is 5.32 Å². The third-order valence-corrected chi connectivity index (χ3v) is 4.47. The van der Waals surface area contributed by atoms with Gasteiger partial charge in [-0.15, -0.1) is 0 Å². The van der Waals surface area contributed by atoms with Crippen LogP contribution in [0.2, 0.25) is 0 Å². The number of hydrogen-bond donors (Lipinski definition) is 1. The zero-order chi connectivity index (χ0) is 14.4. The molecule has 1 aromatic carbocycles. The lowest BCUT2D eigenvalue weighted by Gasteiger charge is -2.32. The van der Waals surface area contributed by atoms with Gasteiger partial charge in [0, 0.05) is 16.6 Å². The number of hydrogen-bond acceptors (Lipinski definition) is 2. The summed E-state index contributed by atoms with van der Waals surface area (Å²) < 4.78 is 14.6. The van der Waals surface area contributed by atoms with Gasteiger partial charge in [0.25, 0.3) is 0 Å². The fourth-order valence-electron chi connectivity index (χ4n) is 2.72. The summed E-state index contributed by atoms with van der Waals surface area (Å²) in [5, 5.41) is 3.50. The van der Waals surface area contributed by atoms with Gasteiger partial charge in [0.05, 0.1) is 0 Å². The lowest BCUT2D eigenvalue weighted by molar-refractivity contribution is 0.174. The molecule has 0 amide bonds. The van der Waals surface area contributed by atoms with Gasteiger partial charge in [0.1, 0.15) is 5.82 Å². The van der Waals surface area contributed by atoms with E-state index < -0.39 is 0 Å². The third-order valence-electron chi connectivity index (χ3n) is 3.98. The van der Waals surface area contributed by atoms with Crippen LogP contribution in [0, 0.1) is 11.7 Å². The van der Waals surface area contributed by atoms with Crippen LogP contribution in [0.5, 0.6) is 0 Å². The van der Waals surface area contributed by atoms with E-state index in [2.05, 4.69) is 33.1 Å². The summed E-state index contributed by atoms with van der Waals surface area (Å²) >= 11 is 3.30. The zero-order valence-electron chi connectivity index (χ0n) is 12.2. The Labute approximate surface area is 129 Å². The van der Waals surface area contributed by atoms with Gasteiger partial charge >= 0.3 is 0 Å². The SMILES string of the molecule is CCCNCC1CCN(Cc2ccc(Br)cc2F)CC1. The number of piperidine rings is 1. The predicted octanol–water partition coefficient (Wildman–Crippen LogP) is 3.80. The molecule has 0 bridgehead atoms. The Morgan fingerprint density at radius 2 is 2.10 bits per heavy atom. The Bertz CT molecular complexity index is 417. The Morgan fingerprint density at radius 3 is 2.75 bits per heavy atom. The first-order valence-corrected chi connectivity index (χ1v) is 8.35. The van der Waals surface area contributed by atoms with Crippen molar-refractivity contribution in [3.8, 4) is 0 Å². The normalized spacial score (nSPS) is 17.6. The van der Waals surface area contributed by atoms with Crippen LogP contribution in [0.1, 0.15) is 31.7 Å². The minimum atomic E-state index is -0.105. The molecule has 0 saturated carbocycles. The van der Waals surface area contributed by atoms with Gasteiger partial charge in [-0.05, 0) is 63.5 Å².